The van der Waals surface area contributed by atoms with Gasteiger partial charge in [-0.25, -0.2) is 0 Å². The first-order chi connectivity index (χ1) is 9.46. The van der Waals surface area contributed by atoms with Gasteiger partial charge in [-0.05, 0) is 54.0 Å². The summed E-state index contributed by atoms with van der Waals surface area (Å²) in [7, 11) is 1.73. The summed E-state index contributed by atoms with van der Waals surface area (Å²) in [6.07, 6.45) is 0. The van der Waals surface area contributed by atoms with Gasteiger partial charge in [0.15, 0.2) is 0 Å². The van der Waals surface area contributed by atoms with Crippen LogP contribution in [0.3, 0.4) is 0 Å². The van der Waals surface area contributed by atoms with Crippen LogP contribution in [0.1, 0.15) is 50.7 Å². The Labute approximate surface area is 123 Å². The van der Waals surface area contributed by atoms with E-state index in [1.54, 1.807) is 7.11 Å². The summed E-state index contributed by atoms with van der Waals surface area (Å²) in [4.78, 5) is 0. The van der Waals surface area contributed by atoms with Gasteiger partial charge in [0.25, 0.3) is 0 Å². The number of hydrogen-bond acceptors (Lipinski definition) is 3. The highest BCUT2D eigenvalue weighted by molar-refractivity contribution is 5.40. The molecule has 0 spiro atoms. The Balaban J connectivity index is 3.04. The Hall–Kier alpha value is -1.06. The van der Waals surface area contributed by atoms with Crippen LogP contribution in [0.25, 0.3) is 0 Å². The highest BCUT2D eigenvalue weighted by Gasteiger charge is 2.23. The molecule has 0 saturated carbocycles. The number of benzene rings is 1. The van der Waals surface area contributed by atoms with E-state index in [9.17, 15) is 0 Å². The normalized spacial score (nSPS) is 14.7. The molecule has 2 atom stereocenters. The second kappa shape index (κ2) is 7.65. The van der Waals surface area contributed by atoms with Crippen molar-refractivity contribution in [2.24, 2.45) is 23.3 Å². The van der Waals surface area contributed by atoms with Gasteiger partial charge in [0.05, 0.1) is 7.11 Å². The smallest absolute Gasteiger partial charge is 0.122 e. The molecule has 0 amide bonds. The van der Waals surface area contributed by atoms with Crippen molar-refractivity contribution < 1.29 is 4.74 Å². The van der Waals surface area contributed by atoms with Gasteiger partial charge in [-0.1, -0.05) is 39.8 Å². The summed E-state index contributed by atoms with van der Waals surface area (Å²) < 4.78 is 5.45. The Kier molecular flexibility index (Phi) is 6.50. The molecule has 0 aromatic heterocycles. The van der Waals surface area contributed by atoms with Gasteiger partial charge in [0.2, 0.25) is 0 Å². The lowest BCUT2D eigenvalue weighted by atomic mass is 9.79. The maximum atomic E-state index is 5.82. The molecule has 2 unspecified atom stereocenters. The van der Waals surface area contributed by atoms with Gasteiger partial charge in [0, 0.05) is 0 Å². The molecular weight excluding hydrogens is 248 g/mol. The predicted octanol–water partition coefficient (Wildman–Crippen LogP) is 3.09. The van der Waals surface area contributed by atoms with Crippen molar-refractivity contribution in [3.8, 4) is 5.75 Å². The van der Waals surface area contributed by atoms with E-state index in [1.807, 2.05) is 0 Å². The SMILES string of the molecule is COc1ccc(C(C)C(C)C(CN)CN)cc1C(C)C. The quantitative estimate of drug-likeness (QED) is 0.805. The zero-order valence-electron chi connectivity index (χ0n) is 13.5. The van der Waals surface area contributed by atoms with Gasteiger partial charge in [-0.2, -0.15) is 0 Å². The zero-order chi connectivity index (χ0) is 15.3. The lowest BCUT2D eigenvalue weighted by Crippen LogP contribution is -2.31. The van der Waals surface area contributed by atoms with E-state index in [2.05, 4.69) is 45.9 Å². The van der Waals surface area contributed by atoms with Gasteiger partial charge < -0.3 is 16.2 Å². The van der Waals surface area contributed by atoms with E-state index >= 15 is 0 Å². The van der Waals surface area contributed by atoms with Crippen LogP contribution in [0.2, 0.25) is 0 Å². The van der Waals surface area contributed by atoms with Crippen LogP contribution in [-0.2, 0) is 0 Å². The Morgan fingerprint density at radius 1 is 1.05 bits per heavy atom. The molecule has 1 aromatic carbocycles. The number of ether oxygens (including phenoxy) is 1. The summed E-state index contributed by atoms with van der Waals surface area (Å²) in [5, 5.41) is 0. The molecule has 4 N–H and O–H groups in total. The van der Waals surface area contributed by atoms with Crippen molar-refractivity contribution in [1.82, 2.24) is 0 Å². The van der Waals surface area contributed by atoms with Crippen LogP contribution >= 0.6 is 0 Å². The first-order valence-electron chi connectivity index (χ1n) is 7.54. The van der Waals surface area contributed by atoms with Crippen LogP contribution in [0, 0.1) is 11.8 Å². The minimum atomic E-state index is 0.370. The van der Waals surface area contributed by atoms with Crippen LogP contribution in [0.5, 0.6) is 5.75 Å². The fourth-order valence-electron chi connectivity index (χ4n) is 2.72. The molecular formula is C17H30N2O. The molecule has 20 heavy (non-hydrogen) atoms. The van der Waals surface area contributed by atoms with E-state index in [0.717, 1.165) is 5.75 Å². The molecule has 0 saturated heterocycles. The summed E-state index contributed by atoms with van der Waals surface area (Å²) in [6.45, 7) is 10.2. The molecule has 0 radical (unpaired) electrons. The molecule has 1 rings (SSSR count). The van der Waals surface area contributed by atoms with E-state index in [1.165, 1.54) is 11.1 Å². The first-order valence-corrected chi connectivity index (χ1v) is 7.54. The van der Waals surface area contributed by atoms with Crippen molar-refractivity contribution in [3.63, 3.8) is 0 Å². The minimum Gasteiger partial charge on any atom is -0.496 e. The molecule has 3 heteroatoms. The summed E-state index contributed by atoms with van der Waals surface area (Å²) >= 11 is 0. The molecule has 1 aromatic rings. The molecule has 0 fully saturated rings. The highest BCUT2D eigenvalue weighted by Crippen LogP contribution is 2.34. The highest BCUT2D eigenvalue weighted by atomic mass is 16.5. The third-order valence-electron chi connectivity index (χ3n) is 4.54. The maximum absolute atomic E-state index is 5.82. The maximum Gasteiger partial charge on any atom is 0.122 e. The van der Waals surface area contributed by atoms with Crippen molar-refractivity contribution in [1.29, 1.82) is 0 Å². The van der Waals surface area contributed by atoms with Gasteiger partial charge in [-0.15, -0.1) is 0 Å². The van der Waals surface area contributed by atoms with Crippen LogP contribution in [-0.4, -0.2) is 20.2 Å². The summed E-state index contributed by atoms with van der Waals surface area (Å²) in [6, 6.07) is 6.51. The minimum absolute atomic E-state index is 0.370. The summed E-state index contributed by atoms with van der Waals surface area (Å²) in [5.74, 6) is 2.70. The average Bonchev–Trinajstić information content (AvgIpc) is 2.46. The third kappa shape index (κ3) is 3.74. The predicted molar refractivity (Wildman–Crippen MR) is 86.3 cm³/mol. The van der Waals surface area contributed by atoms with Crippen LogP contribution < -0.4 is 16.2 Å². The van der Waals surface area contributed by atoms with E-state index < -0.39 is 0 Å². The third-order valence-corrected chi connectivity index (χ3v) is 4.54. The first kappa shape index (κ1) is 17.0. The Morgan fingerprint density at radius 3 is 2.10 bits per heavy atom. The van der Waals surface area contributed by atoms with Gasteiger partial charge in [0.1, 0.15) is 5.75 Å². The van der Waals surface area contributed by atoms with Crippen LogP contribution in [0.15, 0.2) is 18.2 Å². The van der Waals surface area contributed by atoms with Crippen LogP contribution in [0.4, 0.5) is 0 Å². The standard InChI is InChI=1S/C17H30N2O/c1-11(2)16-8-14(6-7-17(16)20-5)12(3)13(4)15(9-18)10-19/h6-8,11-13,15H,9-10,18-19H2,1-5H3. The summed E-state index contributed by atoms with van der Waals surface area (Å²) in [5.41, 5.74) is 14.3. The zero-order valence-corrected chi connectivity index (χ0v) is 13.5. The Morgan fingerprint density at radius 2 is 1.65 bits per heavy atom. The number of nitrogens with two attached hydrogens (primary N) is 2. The molecule has 3 nitrogen and oxygen atoms in total. The number of methoxy groups -OCH3 is 1. The number of rotatable bonds is 7. The van der Waals surface area contributed by atoms with Gasteiger partial charge >= 0.3 is 0 Å². The molecule has 0 aliphatic heterocycles. The number of hydrogen-bond donors (Lipinski definition) is 2. The molecule has 0 aliphatic carbocycles. The second-order valence-corrected chi connectivity index (χ2v) is 6.04. The molecule has 114 valence electrons. The van der Waals surface area contributed by atoms with Crippen molar-refractivity contribution >= 4 is 0 Å². The van der Waals surface area contributed by atoms with Crippen molar-refractivity contribution in [3.05, 3.63) is 29.3 Å². The lowest BCUT2D eigenvalue weighted by molar-refractivity contribution is 0.328. The Bertz CT molecular complexity index is 413. The monoisotopic (exact) mass is 278 g/mol. The fourth-order valence-corrected chi connectivity index (χ4v) is 2.72. The lowest BCUT2D eigenvalue weighted by Gasteiger charge is -2.28. The van der Waals surface area contributed by atoms with Crippen molar-refractivity contribution in [2.45, 2.75) is 39.5 Å². The second-order valence-electron chi connectivity index (χ2n) is 6.04. The van der Waals surface area contributed by atoms with Crippen molar-refractivity contribution in [2.75, 3.05) is 20.2 Å². The molecule has 0 aliphatic rings. The largest absolute Gasteiger partial charge is 0.496 e. The average molecular weight is 278 g/mol. The molecule has 0 bridgehead atoms. The van der Waals surface area contributed by atoms with E-state index in [-0.39, 0.29) is 0 Å². The van der Waals surface area contributed by atoms with Gasteiger partial charge in [-0.3, -0.25) is 0 Å². The fraction of sp³-hybridized carbons (Fsp3) is 0.647. The molecule has 0 heterocycles. The van der Waals surface area contributed by atoms with E-state index in [0.29, 0.717) is 36.8 Å². The topological polar surface area (TPSA) is 61.3 Å². The van der Waals surface area contributed by atoms with E-state index in [4.69, 9.17) is 16.2 Å².